The highest BCUT2D eigenvalue weighted by atomic mass is 35.5. The quantitative estimate of drug-likeness (QED) is 0.826. The lowest BCUT2D eigenvalue weighted by molar-refractivity contribution is 0.306. The fraction of sp³-hybridized carbons (Fsp3) is 0.0833. The van der Waals surface area contributed by atoms with E-state index in [0.29, 0.717) is 22.4 Å². The van der Waals surface area contributed by atoms with Gasteiger partial charge in [-0.25, -0.2) is 0 Å². The molecule has 1 aromatic carbocycles. The summed E-state index contributed by atoms with van der Waals surface area (Å²) < 4.78 is 5.55. The van der Waals surface area contributed by atoms with E-state index in [4.69, 9.17) is 27.9 Å². The Hall–Kier alpha value is -1.25. The van der Waals surface area contributed by atoms with Crippen LogP contribution < -0.4 is 4.74 Å². The van der Waals surface area contributed by atoms with Crippen LogP contribution in [0.2, 0.25) is 10.0 Å². The van der Waals surface area contributed by atoms with Gasteiger partial charge >= 0.3 is 0 Å². The van der Waals surface area contributed by atoms with Gasteiger partial charge in [0.25, 0.3) is 0 Å². The summed E-state index contributed by atoms with van der Waals surface area (Å²) in [5, 5.41) is 1.15. The molecular formula is C12H9Cl2NO. The number of nitrogens with zero attached hydrogens (tertiary/aromatic N) is 1. The number of benzene rings is 1. The molecule has 0 N–H and O–H groups in total. The summed E-state index contributed by atoms with van der Waals surface area (Å²) in [5.41, 5.74) is 0.985. The van der Waals surface area contributed by atoms with Gasteiger partial charge in [-0.1, -0.05) is 29.3 Å². The molecule has 0 fully saturated rings. The lowest BCUT2D eigenvalue weighted by Crippen LogP contribution is -1.96. The molecule has 0 aliphatic heterocycles. The Morgan fingerprint density at radius 3 is 2.81 bits per heavy atom. The molecule has 0 radical (unpaired) electrons. The van der Waals surface area contributed by atoms with Crippen LogP contribution in [0.5, 0.6) is 5.75 Å². The van der Waals surface area contributed by atoms with Crippen molar-refractivity contribution >= 4 is 23.2 Å². The van der Waals surface area contributed by atoms with Crippen molar-refractivity contribution in [1.82, 2.24) is 4.98 Å². The van der Waals surface area contributed by atoms with Crippen molar-refractivity contribution in [3.05, 3.63) is 58.3 Å². The zero-order chi connectivity index (χ0) is 11.4. The average Bonchev–Trinajstić information content (AvgIpc) is 2.32. The Balaban J connectivity index is 2.08. The Kier molecular flexibility index (Phi) is 3.65. The molecule has 0 saturated carbocycles. The minimum atomic E-state index is 0.425. The highest BCUT2D eigenvalue weighted by molar-refractivity contribution is 6.34. The van der Waals surface area contributed by atoms with Crippen molar-refractivity contribution in [3.8, 4) is 5.75 Å². The van der Waals surface area contributed by atoms with Crippen molar-refractivity contribution in [3.63, 3.8) is 0 Å². The normalized spacial score (nSPS) is 10.1. The zero-order valence-electron chi connectivity index (χ0n) is 8.36. The van der Waals surface area contributed by atoms with E-state index in [1.165, 1.54) is 0 Å². The molecule has 16 heavy (non-hydrogen) atoms. The van der Waals surface area contributed by atoms with Crippen LogP contribution in [0.4, 0.5) is 0 Å². The molecule has 0 aliphatic carbocycles. The molecule has 2 nitrogen and oxygen atoms in total. The number of hydrogen-bond acceptors (Lipinski definition) is 2. The van der Waals surface area contributed by atoms with Crippen LogP contribution in [0, 0.1) is 0 Å². The molecule has 0 atom stereocenters. The predicted octanol–water partition coefficient (Wildman–Crippen LogP) is 3.97. The van der Waals surface area contributed by atoms with Crippen molar-refractivity contribution in [1.29, 1.82) is 0 Å². The van der Waals surface area contributed by atoms with Crippen LogP contribution in [0.1, 0.15) is 5.56 Å². The average molecular weight is 254 g/mol. The van der Waals surface area contributed by atoms with Crippen LogP contribution in [-0.4, -0.2) is 4.98 Å². The Labute approximate surface area is 104 Å². The molecular weight excluding hydrogens is 245 g/mol. The first kappa shape index (κ1) is 11.2. The van der Waals surface area contributed by atoms with Crippen molar-refractivity contribution in [2.75, 3.05) is 0 Å². The van der Waals surface area contributed by atoms with Crippen molar-refractivity contribution in [2.45, 2.75) is 6.61 Å². The van der Waals surface area contributed by atoms with E-state index in [9.17, 15) is 0 Å². The summed E-state index contributed by atoms with van der Waals surface area (Å²) in [6.07, 6.45) is 3.47. The van der Waals surface area contributed by atoms with Gasteiger partial charge in [-0.05, 0) is 18.2 Å². The molecule has 1 aromatic heterocycles. The summed E-state index contributed by atoms with van der Waals surface area (Å²) in [4.78, 5) is 4.00. The fourth-order valence-corrected chi connectivity index (χ4v) is 1.57. The smallest absolute Gasteiger partial charge is 0.139 e. The van der Waals surface area contributed by atoms with Crippen molar-refractivity contribution in [2.24, 2.45) is 0 Å². The molecule has 82 valence electrons. The van der Waals surface area contributed by atoms with Gasteiger partial charge in [0.2, 0.25) is 0 Å². The van der Waals surface area contributed by atoms with Crippen LogP contribution >= 0.6 is 23.2 Å². The number of aromatic nitrogens is 1. The van der Waals surface area contributed by atoms with Crippen LogP contribution in [0.3, 0.4) is 0 Å². The maximum atomic E-state index is 5.96. The highest BCUT2D eigenvalue weighted by Gasteiger charge is 2.02. The van der Waals surface area contributed by atoms with E-state index < -0.39 is 0 Å². The van der Waals surface area contributed by atoms with E-state index in [2.05, 4.69) is 4.98 Å². The third-order valence-corrected chi connectivity index (χ3v) is 2.56. The Bertz CT molecular complexity index is 474. The second-order valence-corrected chi connectivity index (χ2v) is 4.07. The van der Waals surface area contributed by atoms with E-state index in [-0.39, 0.29) is 0 Å². The van der Waals surface area contributed by atoms with Gasteiger partial charge in [0.05, 0.1) is 5.02 Å². The molecule has 2 rings (SSSR count). The third-order valence-electron chi connectivity index (χ3n) is 2.01. The summed E-state index contributed by atoms with van der Waals surface area (Å²) in [6.45, 7) is 0.425. The first-order valence-corrected chi connectivity index (χ1v) is 5.48. The van der Waals surface area contributed by atoms with Crippen molar-refractivity contribution < 1.29 is 4.74 Å². The second-order valence-electron chi connectivity index (χ2n) is 3.22. The molecule has 0 aliphatic rings. The van der Waals surface area contributed by atoms with Crippen LogP contribution in [0.15, 0.2) is 42.7 Å². The lowest BCUT2D eigenvalue weighted by atomic mass is 10.3. The number of ether oxygens (including phenoxy) is 1. The SMILES string of the molecule is Clc1ccc(Cl)c(OCc2cccnc2)c1. The predicted molar refractivity (Wildman–Crippen MR) is 65.0 cm³/mol. The first-order valence-electron chi connectivity index (χ1n) is 4.72. The van der Waals surface area contributed by atoms with E-state index >= 15 is 0 Å². The van der Waals surface area contributed by atoms with Gasteiger partial charge < -0.3 is 4.74 Å². The summed E-state index contributed by atoms with van der Waals surface area (Å²) in [7, 11) is 0. The molecule has 0 bridgehead atoms. The summed E-state index contributed by atoms with van der Waals surface area (Å²) >= 11 is 11.8. The number of halogens is 2. The monoisotopic (exact) mass is 253 g/mol. The van der Waals surface area contributed by atoms with Gasteiger partial charge in [0, 0.05) is 29.0 Å². The third kappa shape index (κ3) is 2.87. The Morgan fingerprint density at radius 1 is 1.19 bits per heavy atom. The largest absolute Gasteiger partial charge is 0.487 e. The molecule has 0 saturated heterocycles. The maximum Gasteiger partial charge on any atom is 0.139 e. The zero-order valence-corrected chi connectivity index (χ0v) is 9.87. The second kappa shape index (κ2) is 5.19. The molecule has 0 unspecified atom stereocenters. The van der Waals surface area contributed by atoms with Gasteiger partial charge in [-0.3, -0.25) is 4.98 Å². The number of hydrogen-bond donors (Lipinski definition) is 0. The standard InChI is InChI=1S/C12H9Cl2NO/c13-10-3-4-11(14)12(6-10)16-8-9-2-1-5-15-7-9/h1-7H,8H2. The number of rotatable bonds is 3. The van der Waals surface area contributed by atoms with E-state index in [1.807, 2.05) is 12.1 Å². The topological polar surface area (TPSA) is 22.1 Å². The molecule has 4 heteroatoms. The number of pyridine rings is 1. The van der Waals surface area contributed by atoms with E-state index in [0.717, 1.165) is 5.56 Å². The van der Waals surface area contributed by atoms with Gasteiger partial charge in [-0.2, -0.15) is 0 Å². The minimum Gasteiger partial charge on any atom is -0.487 e. The van der Waals surface area contributed by atoms with Gasteiger partial charge in [-0.15, -0.1) is 0 Å². The summed E-state index contributed by atoms with van der Waals surface area (Å²) in [5.74, 6) is 0.581. The fourth-order valence-electron chi connectivity index (χ4n) is 1.23. The van der Waals surface area contributed by atoms with Crippen LogP contribution in [-0.2, 0) is 6.61 Å². The molecule has 1 heterocycles. The summed E-state index contributed by atoms with van der Waals surface area (Å²) in [6, 6.07) is 8.92. The Morgan fingerprint density at radius 2 is 2.06 bits per heavy atom. The lowest BCUT2D eigenvalue weighted by Gasteiger charge is -2.07. The molecule has 2 aromatic rings. The van der Waals surface area contributed by atoms with Crippen LogP contribution in [0.25, 0.3) is 0 Å². The van der Waals surface area contributed by atoms with Gasteiger partial charge in [0.15, 0.2) is 0 Å². The first-order chi connectivity index (χ1) is 7.75. The van der Waals surface area contributed by atoms with E-state index in [1.54, 1.807) is 30.6 Å². The highest BCUT2D eigenvalue weighted by Crippen LogP contribution is 2.28. The molecule has 0 amide bonds. The maximum absolute atomic E-state index is 5.96. The molecule has 0 spiro atoms. The van der Waals surface area contributed by atoms with Gasteiger partial charge in [0.1, 0.15) is 12.4 Å². The minimum absolute atomic E-state index is 0.425.